The van der Waals surface area contributed by atoms with Crippen molar-refractivity contribution in [1.29, 1.82) is 0 Å². The highest BCUT2D eigenvalue weighted by atomic mass is 16.5. The zero-order chi connectivity index (χ0) is 12.6. The third-order valence-electron chi connectivity index (χ3n) is 2.95. The molecule has 2 heterocycles. The molecule has 1 N–H and O–H groups in total. The van der Waals surface area contributed by atoms with Gasteiger partial charge in [0.15, 0.2) is 11.4 Å². The van der Waals surface area contributed by atoms with Gasteiger partial charge in [-0.3, -0.25) is 4.79 Å². The van der Waals surface area contributed by atoms with E-state index < -0.39 is 5.97 Å². The van der Waals surface area contributed by atoms with Crippen molar-refractivity contribution >= 4 is 11.9 Å². The second-order valence-electron chi connectivity index (χ2n) is 3.81. The van der Waals surface area contributed by atoms with Crippen LogP contribution in [0.4, 0.5) is 0 Å². The molecule has 6 heteroatoms. The summed E-state index contributed by atoms with van der Waals surface area (Å²) in [5.74, 6) is -1.11. The molecule has 0 unspecified atom stereocenters. The van der Waals surface area contributed by atoms with Crippen molar-refractivity contribution in [3.05, 3.63) is 17.5 Å². The fourth-order valence-electron chi connectivity index (χ4n) is 2.07. The fraction of sp³-hybridized carbons (Fsp3) is 0.455. The predicted octanol–water partition coefficient (Wildman–Crippen LogP) is 0.671. The van der Waals surface area contributed by atoms with Crippen molar-refractivity contribution in [2.75, 3.05) is 20.2 Å². The number of carboxylic acids is 1. The minimum atomic E-state index is -1.08. The molecule has 92 valence electrons. The Balaban J connectivity index is 2.55. The molecule has 0 saturated heterocycles. The molecule has 0 bridgehead atoms. The molecule has 1 aliphatic heterocycles. The Bertz CT molecular complexity index is 478. The first-order valence-electron chi connectivity index (χ1n) is 5.39. The Morgan fingerprint density at radius 2 is 2.24 bits per heavy atom. The van der Waals surface area contributed by atoms with Gasteiger partial charge in [0.25, 0.3) is 5.91 Å². The molecular weight excluding hydrogens is 224 g/mol. The summed E-state index contributed by atoms with van der Waals surface area (Å²) in [4.78, 5) is 24.8. The minimum Gasteiger partial charge on any atom is -0.493 e. The van der Waals surface area contributed by atoms with Crippen LogP contribution in [0.3, 0.4) is 0 Å². The Morgan fingerprint density at radius 1 is 1.53 bits per heavy atom. The lowest BCUT2D eigenvalue weighted by atomic mass is 10.2. The number of likely N-dealkylation sites (N-methyl/N-ethyl adjacent to an activating group) is 1. The van der Waals surface area contributed by atoms with E-state index in [9.17, 15) is 9.59 Å². The van der Waals surface area contributed by atoms with Crippen molar-refractivity contribution in [3.63, 3.8) is 0 Å². The van der Waals surface area contributed by atoms with Gasteiger partial charge >= 0.3 is 5.97 Å². The first-order valence-corrected chi connectivity index (χ1v) is 5.39. The van der Waals surface area contributed by atoms with Crippen LogP contribution >= 0.6 is 0 Å². The summed E-state index contributed by atoms with van der Waals surface area (Å²) in [5, 5.41) is 9.04. The van der Waals surface area contributed by atoms with Crippen molar-refractivity contribution in [3.8, 4) is 5.75 Å². The maximum absolute atomic E-state index is 12.1. The molecule has 1 aliphatic rings. The van der Waals surface area contributed by atoms with Crippen LogP contribution in [-0.4, -0.2) is 46.6 Å². The monoisotopic (exact) mass is 238 g/mol. The highest BCUT2D eigenvalue weighted by molar-refractivity contribution is 6.01. The number of nitrogens with zero attached hydrogens (tertiary/aromatic N) is 2. The second-order valence-corrected chi connectivity index (χ2v) is 3.81. The number of amides is 1. The van der Waals surface area contributed by atoms with Crippen molar-refractivity contribution < 1.29 is 19.4 Å². The lowest BCUT2D eigenvalue weighted by Gasteiger charge is -2.27. The topological polar surface area (TPSA) is 71.8 Å². The number of methoxy groups -OCH3 is 1. The summed E-state index contributed by atoms with van der Waals surface area (Å²) in [5.41, 5.74) is 0.367. The van der Waals surface area contributed by atoms with Crippen LogP contribution in [0.25, 0.3) is 0 Å². The van der Waals surface area contributed by atoms with Crippen LogP contribution in [0.1, 0.15) is 27.8 Å². The number of hydrogen-bond donors (Lipinski definition) is 1. The number of rotatable bonds is 3. The smallest absolute Gasteiger partial charge is 0.341 e. The molecule has 17 heavy (non-hydrogen) atoms. The molecule has 0 radical (unpaired) electrons. The molecule has 6 nitrogen and oxygen atoms in total. The van der Waals surface area contributed by atoms with Crippen molar-refractivity contribution in [2.45, 2.75) is 13.5 Å². The Hall–Kier alpha value is -1.98. The second kappa shape index (κ2) is 4.12. The maximum Gasteiger partial charge on any atom is 0.341 e. The summed E-state index contributed by atoms with van der Waals surface area (Å²) in [6, 6.07) is 0. The number of fused-ring (bicyclic) bond motifs is 1. The van der Waals surface area contributed by atoms with Gasteiger partial charge in [-0.1, -0.05) is 0 Å². The lowest BCUT2D eigenvalue weighted by molar-refractivity contribution is 0.0692. The van der Waals surface area contributed by atoms with E-state index in [0.717, 1.165) is 0 Å². The quantitative estimate of drug-likeness (QED) is 0.840. The number of aromatic carboxylic acids is 1. The largest absolute Gasteiger partial charge is 0.493 e. The van der Waals surface area contributed by atoms with Gasteiger partial charge in [-0.25, -0.2) is 4.79 Å². The van der Waals surface area contributed by atoms with E-state index in [4.69, 9.17) is 9.84 Å². The summed E-state index contributed by atoms with van der Waals surface area (Å²) < 4.78 is 6.71. The SMILES string of the molecule is CCN1CCn2cc(C(=O)O)c(OC)c2C1=O. The summed E-state index contributed by atoms with van der Waals surface area (Å²) in [6.07, 6.45) is 1.46. The van der Waals surface area contributed by atoms with Crippen molar-refractivity contribution in [1.82, 2.24) is 9.47 Å². The molecule has 0 aliphatic carbocycles. The van der Waals surface area contributed by atoms with Gasteiger partial charge in [0.1, 0.15) is 5.56 Å². The molecule has 1 aromatic rings. The molecule has 0 aromatic carbocycles. The third kappa shape index (κ3) is 1.65. The molecule has 0 saturated carbocycles. The average molecular weight is 238 g/mol. The highest BCUT2D eigenvalue weighted by Crippen LogP contribution is 2.29. The van der Waals surface area contributed by atoms with E-state index in [1.165, 1.54) is 13.3 Å². The first kappa shape index (κ1) is 11.5. The summed E-state index contributed by atoms with van der Waals surface area (Å²) in [7, 11) is 1.38. The van der Waals surface area contributed by atoms with E-state index in [1.807, 2.05) is 6.92 Å². The average Bonchev–Trinajstić information content (AvgIpc) is 2.69. The van der Waals surface area contributed by atoms with E-state index in [2.05, 4.69) is 0 Å². The third-order valence-corrected chi connectivity index (χ3v) is 2.95. The molecule has 0 atom stereocenters. The van der Waals surface area contributed by atoms with Gasteiger partial charge in [0.2, 0.25) is 0 Å². The molecule has 2 rings (SSSR count). The van der Waals surface area contributed by atoms with E-state index in [1.54, 1.807) is 9.47 Å². The van der Waals surface area contributed by atoms with Gasteiger partial charge in [0, 0.05) is 25.8 Å². The molecular formula is C11H14N2O4. The minimum absolute atomic E-state index is 0.0359. The summed E-state index contributed by atoms with van der Waals surface area (Å²) in [6.45, 7) is 3.69. The number of carbonyl (C=O) groups excluding carboxylic acids is 1. The number of aromatic nitrogens is 1. The molecule has 1 amide bonds. The lowest BCUT2D eigenvalue weighted by Crippen LogP contribution is -2.39. The van der Waals surface area contributed by atoms with Gasteiger partial charge in [0.05, 0.1) is 7.11 Å². The van der Waals surface area contributed by atoms with Crippen LogP contribution in [-0.2, 0) is 6.54 Å². The number of carboxylic acid groups (broad SMARTS) is 1. The molecule has 0 spiro atoms. The Morgan fingerprint density at radius 3 is 2.76 bits per heavy atom. The van der Waals surface area contributed by atoms with Gasteiger partial charge in [-0.05, 0) is 6.92 Å². The Kier molecular flexibility index (Phi) is 2.79. The standard InChI is InChI=1S/C11H14N2O4/c1-3-12-4-5-13-6-7(11(15)16)9(17-2)8(13)10(12)14/h6H,3-5H2,1-2H3,(H,15,16). The molecule has 0 fully saturated rings. The van der Waals surface area contributed by atoms with Gasteiger partial charge in [-0.2, -0.15) is 0 Å². The molecule has 1 aromatic heterocycles. The number of hydrogen-bond acceptors (Lipinski definition) is 3. The normalized spacial score (nSPS) is 14.7. The van der Waals surface area contributed by atoms with Crippen LogP contribution in [0.2, 0.25) is 0 Å². The fourth-order valence-corrected chi connectivity index (χ4v) is 2.07. The zero-order valence-corrected chi connectivity index (χ0v) is 9.77. The predicted molar refractivity (Wildman–Crippen MR) is 59.5 cm³/mol. The van der Waals surface area contributed by atoms with Gasteiger partial charge < -0.3 is 19.3 Å². The van der Waals surface area contributed by atoms with E-state index in [-0.39, 0.29) is 17.2 Å². The van der Waals surface area contributed by atoms with E-state index >= 15 is 0 Å². The van der Waals surface area contributed by atoms with Gasteiger partial charge in [-0.15, -0.1) is 0 Å². The highest BCUT2D eigenvalue weighted by Gasteiger charge is 2.31. The van der Waals surface area contributed by atoms with Crippen LogP contribution in [0.15, 0.2) is 6.20 Å². The van der Waals surface area contributed by atoms with Crippen LogP contribution in [0.5, 0.6) is 5.75 Å². The maximum atomic E-state index is 12.1. The Labute approximate surface area is 98.4 Å². The first-order chi connectivity index (χ1) is 8.10. The number of carbonyl (C=O) groups is 2. The van der Waals surface area contributed by atoms with E-state index in [0.29, 0.717) is 25.3 Å². The zero-order valence-electron chi connectivity index (χ0n) is 9.77. The number of ether oxygens (including phenoxy) is 1. The summed E-state index contributed by atoms with van der Waals surface area (Å²) >= 11 is 0. The van der Waals surface area contributed by atoms with Crippen LogP contribution in [0, 0.1) is 0 Å². The van der Waals surface area contributed by atoms with Crippen molar-refractivity contribution in [2.24, 2.45) is 0 Å². The van der Waals surface area contributed by atoms with Crippen LogP contribution < -0.4 is 4.74 Å².